The topological polar surface area (TPSA) is 38.3 Å². The van der Waals surface area contributed by atoms with E-state index < -0.39 is 6.61 Å². The third-order valence-electron chi connectivity index (χ3n) is 3.79. The lowest BCUT2D eigenvalue weighted by molar-refractivity contribution is -0.117. The van der Waals surface area contributed by atoms with Gasteiger partial charge in [0, 0.05) is 5.92 Å². The van der Waals surface area contributed by atoms with Crippen LogP contribution >= 0.6 is 0 Å². The Kier molecular flexibility index (Phi) is 4.23. The standard InChI is InChI=1S/C17H14F3NO2/c18-11-7-5-10(6-8-11)12-9-13(12)16(22)21-14-3-1-2-4-15(14)23-17(19)20/h1-8,12-13,17H,9H2,(H,21,22). The van der Waals surface area contributed by atoms with Crippen molar-refractivity contribution in [3.05, 3.63) is 59.9 Å². The molecule has 1 amide bonds. The molecule has 2 aromatic carbocycles. The van der Waals surface area contributed by atoms with Gasteiger partial charge in [-0.15, -0.1) is 0 Å². The van der Waals surface area contributed by atoms with Gasteiger partial charge in [-0.1, -0.05) is 24.3 Å². The predicted octanol–water partition coefficient (Wildman–Crippen LogP) is 4.17. The van der Waals surface area contributed by atoms with Crippen molar-refractivity contribution >= 4 is 11.6 Å². The molecule has 0 radical (unpaired) electrons. The van der Waals surface area contributed by atoms with E-state index in [1.54, 1.807) is 24.3 Å². The first-order valence-corrected chi connectivity index (χ1v) is 7.15. The van der Waals surface area contributed by atoms with Gasteiger partial charge in [0.15, 0.2) is 0 Å². The lowest BCUT2D eigenvalue weighted by Crippen LogP contribution is -2.16. The number of benzene rings is 2. The van der Waals surface area contributed by atoms with Crippen LogP contribution in [0.4, 0.5) is 18.9 Å². The van der Waals surface area contributed by atoms with Crippen LogP contribution in [-0.4, -0.2) is 12.5 Å². The average molecular weight is 321 g/mol. The fraction of sp³-hybridized carbons (Fsp3) is 0.235. The summed E-state index contributed by atoms with van der Waals surface area (Å²) >= 11 is 0. The monoisotopic (exact) mass is 321 g/mol. The highest BCUT2D eigenvalue weighted by Crippen LogP contribution is 2.48. The molecule has 1 N–H and O–H groups in total. The predicted molar refractivity (Wildman–Crippen MR) is 79.0 cm³/mol. The Morgan fingerprint density at radius 3 is 2.52 bits per heavy atom. The van der Waals surface area contributed by atoms with Crippen LogP contribution in [0, 0.1) is 11.7 Å². The maximum atomic E-state index is 12.9. The maximum absolute atomic E-state index is 12.9. The van der Waals surface area contributed by atoms with Crippen molar-refractivity contribution in [2.24, 2.45) is 5.92 Å². The second-order valence-corrected chi connectivity index (χ2v) is 5.36. The number of hydrogen-bond donors (Lipinski definition) is 1. The molecule has 0 aromatic heterocycles. The number of halogens is 3. The summed E-state index contributed by atoms with van der Waals surface area (Å²) in [6.07, 6.45) is 0.648. The largest absolute Gasteiger partial charge is 0.433 e. The molecular weight excluding hydrogens is 307 g/mol. The molecule has 6 heteroatoms. The van der Waals surface area contributed by atoms with Crippen LogP contribution in [0.5, 0.6) is 5.75 Å². The summed E-state index contributed by atoms with van der Waals surface area (Å²) in [5, 5.41) is 2.62. The Morgan fingerprint density at radius 2 is 1.83 bits per heavy atom. The van der Waals surface area contributed by atoms with E-state index >= 15 is 0 Å². The van der Waals surface area contributed by atoms with Gasteiger partial charge in [0.05, 0.1) is 5.69 Å². The van der Waals surface area contributed by atoms with Gasteiger partial charge in [-0.2, -0.15) is 8.78 Å². The number of nitrogens with one attached hydrogen (secondary N) is 1. The number of ether oxygens (including phenoxy) is 1. The second kappa shape index (κ2) is 6.32. The molecule has 120 valence electrons. The first-order valence-electron chi connectivity index (χ1n) is 7.15. The Hall–Kier alpha value is -2.50. The molecule has 1 saturated carbocycles. The molecule has 0 saturated heterocycles. The summed E-state index contributed by atoms with van der Waals surface area (Å²) in [6.45, 7) is -2.96. The fourth-order valence-corrected chi connectivity index (χ4v) is 2.56. The van der Waals surface area contributed by atoms with Crippen LogP contribution in [0.3, 0.4) is 0 Å². The number of para-hydroxylation sites is 2. The molecule has 1 aliphatic rings. The minimum absolute atomic E-state index is 0.0266. The summed E-state index contributed by atoms with van der Waals surface area (Å²) in [5.74, 6) is -0.883. The van der Waals surface area contributed by atoms with E-state index in [0.717, 1.165) is 5.56 Å². The van der Waals surface area contributed by atoms with Gasteiger partial charge >= 0.3 is 6.61 Å². The zero-order valence-corrected chi connectivity index (χ0v) is 12.0. The van der Waals surface area contributed by atoms with E-state index in [4.69, 9.17) is 0 Å². The molecule has 0 bridgehead atoms. The molecular formula is C17H14F3NO2. The van der Waals surface area contributed by atoms with Gasteiger partial charge in [-0.3, -0.25) is 4.79 Å². The van der Waals surface area contributed by atoms with Crippen LogP contribution < -0.4 is 10.1 Å². The second-order valence-electron chi connectivity index (χ2n) is 5.36. The van der Waals surface area contributed by atoms with Crippen LogP contribution in [0.25, 0.3) is 0 Å². The van der Waals surface area contributed by atoms with Gasteiger partial charge in [0.2, 0.25) is 5.91 Å². The third-order valence-corrected chi connectivity index (χ3v) is 3.79. The number of amides is 1. The fourth-order valence-electron chi connectivity index (χ4n) is 2.56. The van der Waals surface area contributed by atoms with Crippen molar-refractivity contribution in [2.75, 3.05) is 5.32 Å². The van der Waals surface area contributed by atoms with Crippen molar-refractivity contribution in [3.63, 3.8) is 0 Å². The van der Waals surface area contributed by atoms with Gasteiger partial charge < -0.3 is 10.1 Å². The molecule has 3 nitrogen and oxygen atoms in total. The highest BCUT2D eigenvalue weighted by Gasteiger charge is 2.44. The summed E-state index contributed by atoms with van der Waals surface area (Å²) in [4.78, 5) is 12.2. The minimum Gasteiger partial charge on any atom is -0.433 e. The normalized spacial score (nSPS) is 19.5. The van der Waals surface area contributed by atoms with Gasteiger partial charge in [-0.05, 0) is 42.2 Å². The lowest BCUT2D eigenvalue weighted by atomic mass is 10.1. The summed E-state index contributed by atoms with van der Waals surface area (Å²) < 4.78 is 42.0. The number of rotatable bonds is 5. The Balaban J connectivity index is 1.66. The Labute approximate surface area is 131 Å². The quantitative estimate of drug-likeness (QED) is 0.897. The Bertz CT molecular complexity index is 703. The molecule has 3 rings (SSSR count). The van der Waals surface area contributed by atoms with Crippen LogP contribution in [0.2, 0.25) is 0 Å². The zero-order valence-electron chi connectivity index (χ0n) is 12.0. The molecule has 0 spiro atoms. The molecule has 0 heterocycles. The number of anilines is 1. The van der Waals surface area contributed by atoms with E-state index in [2.05, 4.69) is 10.1 Å². The molecule has 1 aliphatic carbocycles. The summed E-state index contributed by atoms with van der Waals surface area (Å²) in [7, 11) is 0. The SMILES string of the molecule is O=C(Nc1ccccc1OC(F)F)C1CC1c1ccc(F)cc1. The van der Waals surface area contributed by atoms with Gasteiger partial charge in [0.25, 0.3) is 0 Å². The number of alkyl halides is 2. The van der Waals surface area contributed by atoms with E-state index in [0.29, 0.717) is 6.42 Å². The molecule has 0 aliphatic heterocycles. The molecule has 2 atom stereocenters. The van der Waals surface area contributed by atoms with Crippen molar-refractivity contribution in [1.82, 2.24) is 0 Å². The minimum atomic E-state index is -2.96. The van der Waals surface area contributed by atoms with Crippen molar-refractivity contribution in [3.8, 4) is 5.75 Å². The first-order chi connectivity index (χ1) is 11.0. The highest BCUT2D eigenvalue weighted by atomic mass is 19.3. The third kappa shape index (κ3) is 3.64. The van der Waals surface area contributed by atoms with Crippen molar-refractivity contribution in [1.29, 1.82) is 0 Å². The van der Waals surface area contributed by atoms with Gasteiger partial charge in [0.1, 0.15) is 11.6 Å². The number of carbonyl (C=O) groups is 1. The van der Waals surface area contributed by atoms with Crippen LogP contribution in [0.1, 0.15) is 17.9 Å². The number of hydrogen-bond acceptors (Lipinski definition) is 2. The molecule has 1 fully saturated rings. The van der Waals surface area contributed by atoms with E-state index in [1.807, 2.05) is 0 Å². The number of carbonyl (C=O) groups excluding carboxylic acids is 1. The van der Waals surface area contributed by atoms with E-state index in [-0.39, 0.29) is 35.0 Å². The highest BCUT2D eigenvalue weighted by molar-refractivity contribution is 5.96. The maximum Gasteiger partial charge on any atom is 0.387 e. The molecule has 2 unspecified atom stereocenters. The lowest BCUT2D eigenvalue weighted by Gasteiger charge is -2.11. The average Bonchev–Trinajstić information content (AvgIpc) is 3.30. The van der Waals surface area contributed by atoms with Crippen LogP contribution in [-0.2, 0) is 4.79 Å². The van der Waals surface area contributed by atoms with Crippen molar-refractivity contribution < 1.29 is 22.7 Å². The van der Waals surface area contributed by atoms with E-state index in [1.165, 1.54) is 24.3 Å². The van der Waals surface area contributed by atoms with Crippen molar-refractivity contribution in [2.45, 2.75) is 19.0 Å². The van der Waals surface area contributed by atoms with Crippen LogP contribution in [0.15, 0.2) is 48.5 Å². The zero-order chi connectivity index (χ0) is 16.4. The summed E-state index contributed by atoms with van der Waals surface area (Å²) in [5.41, 5.74) is 1.10. The molecule has 23 heavy (non-hydrogen) atoms. The Morgan fingerprint density at radius 1 is 1.13 bits per heavy atom. The van der Waals surface area contributed by atoms with E-state index in [9.17, 15) is 18.0 Å². The summed E-state index contributed by atoms with van der Waals surface area (Å²) in [6, 6.07) is 12.1. The first kappa shape index (κ1) is 15.4. The molecule has 2 aromatic rings. The van der Waals surface area contributed by atoms with Gasteiger partial charge in [-0.25, -0.2) is 4.39 Å². The smallest absolute Gasteiger partial charge is 0.387 e.